The van der Waals surface area contributed by atoms with Gasteiger partial charge in [0, 0.05) is 7.05 Å². The van der Waals surface area contributed by atoms with Gasteiger partial charge in [0.2, 0.25) is 5.91 Å². The molecule has 0 aliphatic carbocycles. The van der Waals surface area contributed by atoms with Gasteiger partial charge < -0.3 is 11.1 Å². The molecule has 14 heavy (non-hydrogen) atoms. The number of likely N-dealkylation sites (N-methyl/N-ethyl adjacent to an activating group) is 1. The largest absolute Gasteiger partial charge is 0.358 e. The average molecular weight is 196 g/mol. The number of nitrogens with one attached hydrogen (secondary N) is 1. The van der Waals surface area contributed by atoms with Crippen LogP contribution >= 0.6 is 0 Å². The highest BCUT2D eigenvalue weighted by atomic mass is 19.1. The summed E-state index contributed by atoms with van der Waals surface area (Å²) in [5.74, 6) is -0.575. The summed E-state index contributed by atoms with van der Waals surface area (Å²) in [6, 6.07) is 3.67. The lowest BCUT2D eigenvalue weighted by atomic mass is 10.0. The van der Waals surface area contributed by atoms with E-state index < -0.39 is 6.04 Å². The molecule has 0 saturated heterocycles. The SMILES string of the molecule is CNC(=O)C(N)c1ccc(F)c(C)c1. The minimum absolute atomic E-state index is 0.281. The van der Waals surface area contributed by atoms with Crippen molar-refractivity contribution in [1.29, 1.82) is 0 Å². The summed E-state index contributed by atoms with van der Waals surface area (Å²) >= 11 is 0. The van der Waals surface area contributed by atoms with Crippen LogP contribution in [0.4, 0.5) is 4.39 Å². The van der Waals surface area contributed by atoms with Crippen LogP contribution in [-0.2, 0) is 4.79 Å². The third-order valence-corrected chi connectivity index (χ3v) is 2.07. The Hall–Kier alpha value is -1.42. The topological polar surface area (TPSA) is 55.1 Å². The molecule has 0 bridgehead atoms. The van der Waals surface area contributed by atoms with Crippen molar-refractivity contribution in [2.75, 3.05) is 7.05 Å². The maximum atomic E-state index is 12.9. The smallest absolute Gasteiger partial charge is 0.241 e. The number of aryl methyl sites for hydroxylation is 1. The Morgan fingerprint density at radius 1 is 1.57 bits per heavy atom. The number of benzene rings is 1. The van der Waals surface area contributed by atoms with Crippen molar-refractivity contribution in [1.82, 2.24) is 5.32 Å². The molecule has 0 aliphatic heterocycles. The summed E-state index contributed by atoms with van der Waals surface area (Å²) < 4.78 is 12.9. The molecule has 3 N–H and O–H groups in total. The van der Waals surface area contributed by atoms with Gasteiger partial charge in [0.05, 0.1) is 0 Å². The van der Waals surface area contributed by atoms with Crippen LogP contribution in [0.5, 0.6) is 0 Å². The fourth-order valence-corrected chi connectivity index (χ4v) is 1.17. The quantitative estimate of drug-likeness (QED) is 0.737. The molecular weight excluding hydrogens is 183 g/mol. The summed E-state index contributed by atoms with van der Waals surface area (Å²) in [4.78, 5) is 11.2. The van der Waals surface area contributed by atoms with E-state index in [4.69, 9.17) is 5.73 Å². The van der Waals surface area contributed by atoms with E-state index in [1.807, 2.05) is 0 Å². The first-order valence-electron chi connectivity index (χ1n) is 4.29. The van der Waals surface area contributed by atoms with Crippen molar-refractivity contribution in [2.45, 2.75) is 13.0 Å². The first kappa shape index (κ1) is 10.7. The second-order valence-corrected chi connectivity index (χ2v) is 3.10. The van der Waals surface area contributed by atoms with Crippen LogP contribution in [0, 0.1) is 12.7 Å². The van der Waals surface area contributed by atoms with Crippen LogP contribution in [-0.4, -0.2) is 13.0 Å². The summed E-state index contributed by atoms with van der Waals surface area (Å²) in [5.41, 5.74) is 6.74. The van der Waals surface area contributed by atoms with Crippen LogP contribution < -0.4 is 11.1 Å². The zero-order valence-electron chi connectivity index (χ0n) is 8.17. The van der Waals surface area contributed by atoms with Crippen molar-refractivity contribution in [3.63, 3.8) is 0 Å². The van der Waals surface area contributed by atoms with Crippen molar-refractivity contribution >= 4 is 5.91 Å². The number of hydrogen-bond acceptors (Lipinski definition) is 2. The van der Waals surface area contributed by atoms with Gasteiger partial charge in [0.1, 0.15) is 11.9 Å². The lowest BCUT2D eigenvalue weighted by Crippen LogP contribution is -2.31. The average Bonchev–Trinajstić information content (AvgIpc) is 2.20. The molecule has 1 rings (SSSR count). The second kappa shape index (κ2) is 4.19. The van der Waals surface area contributed by atoms with Gasteiger partial charge in [-0.25, -0.2) is 4.39 Å². The third-order valence-electron chi connectivity index (χ3n) is 2.07. The van der Waals surface area contributed by atoms with Gasteiger partial charge in [-0.3, -0.25) is 4.79 Å². The molecule has 1 aromatic carbocycles. The minimum Gasteiger partial charge on any atom is -0.358 e. The maximum absolute atomic E-state index is 12.9. The lowest BCUT2D eigenvalue weighted by Gasteiger charge is -2.10. The minimum atomic E-state index is -0.737. The standard InChI is InChI=1S/C10H13FN2O/c1-6-5-7(3-4-8(6)11)9(12)10(14)13-2/h3-5,9H,12H2,1-2H3,(H,13,14). The molecule has 1 unspecified atom stereocenters. The normalized spacial score (nSPS) is 12.3. The number of amides is 1. The number of hydrogen-bond donors (Lipinski definition) is 2. The zero-order chi connectivity index (χ0) is 10.7. The third kappa shape index (κ3) is 2.09. The molecule has 0 radical (unpaired) electrons. The number of halogens is 1. The van der Waals surface area contributed by atoms with Gasteiger partial charge in [-0.1, -0.05) is 12.1 Å². The van der Waals surface area contributed by atoms with E-state index in [9.17, 15) is 9.18 Å². The molecule has 1 aromatic rings. The Morgan fingerprint density at radius 3 is 2.71 bits per heavy atom. The van der Waals surface area contributed by atoms with E-state index in [0.29, 0.717) is 11.1 Å². The summed E-state index contributed by atoms with van der Waals surface area (Å²) in [6.45, 7) is 1.63. The predicted octanol–water partition coefficient (Wildman–Crippen LogP) is 0.880. The van der Waals surface area contributed by atoms with E-state index in [2.05, 4.69) is 5.32 Å². The van der Waals surface area contributed by atoms with E-state index in [1.54, 1.807) is 13.0 Å². The molecule has 0 aliphatic rings. The van der Waals surface area contributed by atoms with Crippen LogP contribution in [0.15, 0.2) is 18.2 Å². The molecule has 3 nitrogen and oxygen atoms in total. The van der Waals surface area contributed by atoms with Crippen LogP contribution in [0.2, 0.25) is 0 Å². The maximum Gasteiger partial charge on any atom is 0.241 e. The van der Waals surface area contributed by atoms with Crippen LogP contribution in [0.3, 0.4) is 0 Å². The van der Waals surface area contributed by atoms with Gasteiger partial charge in [0.15, 0.2) is 0 Å². The van der Waals surface area contributed by atoms with Gasteiger partial charge in [0.25, 0.3) is 0 Å². The molecule has 0 aromatic heterocycles. The summed E-state index contributed by atoms with van der Waals surface area (Å²) in [6.07, 6.45) is 0. The zero-order valence-corrected chi connectivity index (χ0v) is 8.17. The van der Waals surface area contributed by atoms with Crippen molar-refractivity contribution < 1.29 is 9.18 Å². The molecule has 0 fully saturated rings. The molecule has 0 spiro atoms. The Bertz CT molecular complexity index is 352. The summed E-state index contributed by atoms with van der Waals surface area (Å²) in [7, 11) is 1.51. The Labute approximate surface area is 82.1 Å². The molecule has 1 atom stereocenters. The molecule has 0 heterocycles. The Balaban J connectivity index is 2.96. The van der Waals surface area contributed by atoms with Crippen LogP contribution in [0.25, 0.3) is 0 Å². The van der Waals surface area contributed by atoms with Crippen molar-refractivity contribution in [3.8, 4) is 0 Å². The van der Waals surface area contributed by atoms with E-state index >= 15 is 0 Å². The van der Waals surface area contributed by atoms with E-state index in [0.717, 1.165) is 0 Å². The van der Waals surface area contributed by atoms with E-state index in [1.165, 1.54) is 19.2 Å². The number of carbonyl (C=O) groups is 1. The van der Waals surface area contributed by atoms with Gasteiger partial charge in [-0.2, -0.15) is 0 Å². The highest BCUT2D eigenvalue weighted by Crippen LogP contribution is 2.14. The van der Waals surface area contributed by atoms with Gasteiger partial charge >= 0.3 is 0 Å². The molecule has 0 saturated carbocycles. The van der Waals surface area contributed by atoms with E-state index in [-0.39, 0.29) is 11.7 Å². The van der Waals surface area contributed by atoms with Gasteiger partial charge in [-0.05, 0) is 24.1 Å². The number of carbonyl (C=O) groups excluding carboxylic acids is 1. The highest BCUT2D eigenvalue weighted by molar-refractivity contribution is 5.82. The number of rotatable bonds is 2. The fraction of sp³-hybridized carbons (Fsp3) is 0.300. The second-order valence-electron chi connectivity index (χ2n) is 3.10. The molecule has 4 heteroatoms. The molecular formula is C10H13FN2O. The van der Waals surface area contributed by atoms with Gasteiger partial charge in [-0.15, -0.1) is 0 Å². The van der Waals surface area contributed by atoms with Crippen LogP contribution in [0.1, 0.15) is 17.2 Å². The molecule has 76 valence electrons. The summed E-state index contributed by atoms with van der Waals surface area (Å²) in [5, 5.41) is 2.44. The first-order chi connectivity index (χ1) is 6.56. The predicted molar refractivity (Wildman–Crippen MR) is 52.1 cm³/mol. The fourth-order valence-electron chi connectivity index (χ4n) is 1.17. The number of nitrogens with two attached hydrogens (primary N) is 1. The Kier molecular flexibility index (Phi) is 3.19. The molecule has 1 amide bonds. The highest BCUT2D eigenvalue weighted by Gasteiger charge is 2.14. The first-order valence-corrected chi connectivity index (χ1v) is 4.29. The monoisotopic (exact) mass is 196 g/mol. The Morgan fingerprint density at radius 2 is 2.21 bits per heavy atom. The lowest BCUT2D eigenvalue weighted by molar-refractivity contribution is -0.121. The van der Waals surface area contributed by atoms with Crippen molar-refractivity contribution in [3.05, 3.63) is 35.1 Å². The van der Waals surface area contributed by atoms with Crippen molar-refractivity contribution in [2.24, 2.45) is 5.73 Å².